The van der Waals surface area contributed by atoms with E-state index in [1.165, 1.54) is 52.7 Å². The van der Waals surface area contributed by atoms with E-state index in [-0.39, 0.29) is 36.9 Å². The van der Waals surface area contributed by atoms with Crippen molar-refractivity contribution in [2.75, 3.05) is 31.6 Å². The number of carbonyl (C=O) groups excluding carboxylic acids is 2. The monoisotopic (exact) mass is 613 g/mol. The van der Waals surface area contributed by atoms with Crippen LogP contribution in [0.5, 0.6) is 5.75 Å². The summed E-state index contributed by atoms with van der Waals surface area (Å²) in [7, 11) is -2.53. The quantitative estimate of drug-likeness (QED) is 0.302. The summed E-state index contributed by atoms with van der Waals surface area (Å²) in [4.78, 5) is 27.1. The molecule has 1 heterocycles. The highest BCUT2D eigenvalue weighted by Crippen LogP contribution is 2.24. The van der Waals surface area contributed by atoms with Gasteiger partial charge in [-0.05, 0) is 66.4 Å². The smallest absolute Gasteiger partial charge is 0.415 e. The Hall–Kier alpha value is -4.00. The van der Waals surface area contributed by atoms with E-state index in [4.69, 9.17) is 9.47 Å². The van der Waals surface area contributed by atoms with Crippen molar-refractivity contribution >= 4 is 27.7 Å². The molecule has 10 nitrogen and oxygen atoms in total. The van der Waals surface area contributed by atoms with Crippen LogP contribution in [0.15, 0.2) is 83.8 Å². The van der Waals surface area contributed by atoms with Gasteiger partial charge in [0, 0.05) is 18.8 Å². The van der Waals surface area contributed by atoms with Crippen LogP contribution in [0.1, 0.15) is 19.4 Å². The highest BCUT2D eigenvalue weighted by molar-refractivity contribution is 7.89. The number of methoxy groups -OCH3 is 1. The second-order valence-corrected chi connectivity index (χ2v) is 12.7. The van der Waals surface area contributed by atoms with Gasteiger partial charge in [-0.2, -0.15) is 4.31 Å². The molecule has 0 aromatic heterocycles. The van der Waals surface area contributed by atoms with Gasteiger partial charge in [-0.1, -0.05) is 44.2 Å². The van der Waals surface area contributed by atoms with Gasteiger partial charge >= 0.3 is 6.09 Å². The molecule has 3 aromatic carbocycles. The zero-order valence-electron chi connectivity index (χ0n) is 24.2. The van der Waals surface area contributed by atoms with Crippen LogP contribution in [0.4, 0.5) is 14.9 Å². The van der Waals surface area contributed by atoms with Crippen molar-refractivity contribution in [3.05, 3.63) is 90.2 Å². The lowest BCUT2D eigenvalue weighted by Gasteiger charge is -2.31. The third kappa shape index (κ3) is 8.09. The van der Waals surface area contributed by atoms with Gasteiger partial charge in [0.05, 0.1) is 30.7 Å². The van der Waals surface area contributed by atoms with Gasteiger partial charge in [-0.25, -0.2) is 17.6 Å². The molecule has 0 aliphatic carbocycles. The molecule has 2 N–H and O–H groups in total. The lowest BCUT2D eigenvalue weighted by atomic mass is 10.0. The fourth-order valence-electron chi connectivity index (χ4n) is 4.77. The molecule has 0 spiro atoms. The molecule has 2 amide bonds. The van der Waals surface area contributed by atoms with Crippen molar-refractivity contribution in [1.29, 1.82) is 0 Å². The largest absolute Gasteiger partial charge is 0.497 e. The molecule has 3 atom stereocenters. The van der Waals surface area contributed by atoms with Gasteiger partial charge < -0.3 is 19.9 Å². The number of aliphatic hydroxyl groups excluding tert-OH is 1. The maximum Gasteiger partial charge on any atom is 0.415 e. The van der Waals surface area contributed by atoms with Gasteiger partial charge in [0.25, 0.3) is 5.91 Å². The fourth-order valence-corrected chi connectivity index (χ4v) is 6.39. The Kier molecular flexibility index (Phi) is 10.4. The van der Waals surface area contributed by atoms with Crippen molar-refractivity contribution in [2.45, 2.75) is 43.4 Å². The molecule has 0 saturated carbocycles. The SMILES string of the molecule is COc1ccc(S(=O)(=O)N(CC(C)C)C[C@@H](O)[C@H](Cc2ccccc2)NC(=O)[C@@H]2CN(c3ccc(F)cc3)C(=O)O2)cc1. The fraction of sp³-hybridized carbons (Fsp3) is 0.355. The van der Waals surface area contributed by atoms with Crippen molar-refractivity contribution in [3.63, 3.8) is 0 Å². The first-order valence-corrected chi connectivity index (χ1v) is 15.3. The number of hydrogen-bond donors (Lipinski definition) is 2. The number of amides is 2. The number of anilines is 1. The van der Waals surface area contributed by atoms with Crippen LogP contribution in [-0.4, -0.2) is 74.8 Å². The Labute approximate surface area is 251 Å². The molecule has 1 aliphatic heterocycles. The Morgan fingerprint density at radius 2 is 1.72 bits per heavy atom. The molecule has 4 rings (SSSR count). The molecule has 0 unspecified atom stereocenters. The number of halogens is 1. The second kappa shape index (κ2) is 14.0. The molecule has 1 saturated heterocycles. The van der Waals surface area contributed by atoms with Gasteiger partial charge in [0.15, 0.2) is 6.10 Å². The Morgan fingerprint density at radius 1 is 1.07 bits per heavy atom. The number of ether oxygens (including phenoxy) is 2. The molecule has 3 aromatic rings. The molecule has 0 radical (unpaired) electrons. The third-order valence-corrected chi connectivity index (χ3v) is 8.84. The Bertz CT molecular complexity index is 1490. The van der Waals surface area contributed by atoms with Crippen LogP contribution >= 0.6 is 0 Å². The van der Waals surface area contributed by atoms with E-state index in [0.717, 1.165) is 5.56 Å². The molecular formula is C31H36FN3O7S. The van der Waals surface area contributed by atoms with E-state index in [2.05, 4.69) is 5.32 Å². The molecule has 43 heavy (non-hydrogen) atoms. The number of nitrogens with one attached hydrogen (secondary N) is 1. The first-order valence-electron chi connectivity index (χ1n) is 13.9. The van der Waals surface area contributed by atoms with Gasteiger partial charge in [-0.15, -0.1) is 0 Å². The van der Waals surface area contributed by atoms with E-state index in [9.17, 15) is 27.5 Å². The van der Waals surface area contributed by atoms with Crippen LogP contribution in [-0.2, 0) is 26.0 Å². The number of cyclic esters (lactones) is 1. The zero-order chi connectivity index (χ0) is 31.1. The van der Waals surface area contributed by atoms with Crippen molar-refractivity contribution < 1.29 is 37.0 Å². The number of sulfonamides is 1. The maximum absolute atomic E-state index is 13.6. The predicted molar refractivity (Wildman–Crippen MR) is 159 cm³/mol. The average molecular weight is 614 g/mol. The van der Waals surface area contributed by atoms with Crippen molar-refractivity contribution in [1.82, 2.24) is 9.62 Å². The maximum atomic E-state index is 13.6. The average Bonchev–Trinajstić information content (AvgIpc) is 3.38. The number of carbonyl (C=O) groups is 2. The van der Waals surface area contributed by atoms with Gasteiger partial charge in [0.2, 0.25) is 10.0 Å². The topological polar surface area (TPSA) is 125 Å². The number of aliphatic hydroxyl groups is 1. The third-order valence-electron chi connectivity index (χ3n) is 6.99. The minimum Gasteiger partial charge on any atom is -0.497 e. The van der Waals surface area contributed by atoms with Crippen molar-refractivity contribution in [2.24, 2.45) is 5.92 Å². The van der Waals surface area contributed by atoms with E-state index in [1.54, 1.807) is 12.1 Å². The van der Waals surface area contributed by atoms with E-state index >= 15 is 0 Å². The van der Waals surface area contributed by atoms with Crippen LogP contribution in [0.3, 0.4) is 0 Å². The van der Waals surface area contributed by atoms with Gasteiger partial charge in [-0.3, -0.25) is 9.69 Å². The summed E-state index contributed by atoms with van der Waals surface area (Å²) in [5.74, 6) is -0.668. The lowest BCUT2D eigenvalue weighted by Crippen LogP contribution is -2.53. The standard InChI is InChI=1S/C31H36FN3O7S/c1-21(2)18-34(43(39,40)26-15-13-25(41-3)14-16-26)19-28(36)27(17-22-7-5-4-6-8-22)33-30(37)29-20-35(31(38)42-29)24-11-9-23(32)10-12-24/h4-16,21,27-29,36H,17-20H2,1-3H3,(H,33,37)/t27-,28+,29-/m0/s1. The lowest BCUT2D eigenvalue weighted by molar-refractivity contribution is -0.129. The summed E-state index contributed by atoms with van der Waals surface area (Å²) in [5, 5.41) is 14.2. The minimum atomic E-state index is -4.01. The Balaban J connectivity index is 1.54. The molecule has 1 aliphatic rings. The summed E-state index contributed by atoms with van der Waals surface area (Å²) in [5.41, 5.74) is 1.17. The number of nitrogens with zero attached hydrogens (tertiary/aromatic N) is 2. The van der Waals surface area contributed by atoms with Crippen LogP contribution in [0, 0.1) is 11.7 Å². The number of benzene rings is 3. The second-order valence-electron chi connectivity index (χ2n) is 10.7. The molecule has 230 valence electrons. The number of hydrogen-bond acceptors (Lipinski definition) is 7. The summed E-state index contributed by atoms with van der Waals surface area (Å²) in [6, 6.07) is 19.4. The van der Waals surface area contributed by atoms with Gasteiger partial charge in [0.1, 0.15) is 11.6 Å². The van der Waals surface area contributed by atoms with E-state index in [1.807, 2.05) is 44.2 Å². The highest BCUT2D eigenvalue weighted by Gasteiger charge is 2.39. The van der Waals surface area contributed by atoms with Crippen LogP contribution in [0.2, 0.25) is 0 Å². The van der Waals surface area contributed by atoms with E-state index < -0.39 is 46.1 Å². The molecule has 1 fully saturated rings. The van der Waals surface area contributed by atoms with E-state index in [0.29, 0.717) is 11.4 Å². The summed E-state index contributed by atoms with van der Waals surface area (Å²) >= 11 is 0. The normalized spacial score (nSPS) is 16.7. The van der Waals surface area contributed by atoms with Crippen LogP contribution in [0.25, 0.3) is 0 Å². The zero-order valence-corrected chi connectivity index (χ0v) is 25.0. The first-order chi connectivity index (χ1) is 20.5. The summed E-state index contributed by atoms with van der Waals surface area (Å²) < 4.78 is 52.3. The Morgan fingerprint density at radius 3 is 2.33 bits per heavy atom. The van der Waals surface area contributed by atoms with Crippen LogP contribution < -0.4 is 15.0 Å². The number of rotatable bonds is 13. The molecular weight excluding hydrogens is 577 g/mol. The molecule has 0 bridgehead atoms. The summed E-state index contributed by atoms with van der Waals surface area (Å²) in [6.45, 7) is 3.46. The first kappa shape index (κ1) is 31.9. The summed E-state index contributed by atoms with van der Waals surface area (Å²) in [6.07, 6.45) is -3.09. The predicted octanol–water partition coefficient (Wildman–Crippen LogP) is 3.59. The van der Waals surface area contributed by atoms with Crippen molar-refractivity contribution in [3.8, 4) is 5.75 Å². The molecule has 12 heteroatoms. The highest BCUT2D eigenvalue weighted by atomic mass is 32.2. The minimum absolute atomic E-state index is 0.0450.